The molecule has 0 saturated heterocycles. The van der Waals surface area contributed by atoms with Crippen molar-refractivity contribution >= 4 is 56.5 Å². The predicted octanol–water partition coefficient (Wildman–Crippen LogP) is 13.6. The van der Waals surface area contributed by atoms with Crippen LogP contribution in [0, 0.1) is 35.5 Å². The first-order valence-corrected chi connectivity index (χ1v) is 30.6. The molecule has 2 fully saturated rings. The Hall–Kier alpha value is 0.727. The van der Waals surface area contributed by atoms with Crippen LogP contribution in [0.4, 0.5) is 26.3 Å². The fourth-order valence-electron chi connectivity index (χ4n) is 7.73. The summed E-state index contributed by atoms with van der Waals surface area (Å²) in [5.41, 5.74) is 1.63. The van der Waals surface area contributed by atoms with E-state index in [4.69, 9.17) is 18.8 Å². The Labute approximate surface area is 327 Å². The van der Waals surface area contributed by atoms with E-state index in [1.807, 2.05) is 27.7 Å². The number of alkyl halides is 6. The fourth-order valence-corrected chi connectivity index (χ4v) is 9.25. The SMILES string of the molecule is CCC1CC(C(F)(F)F)CC(CC)C1N=C(CCCO[Si](C)(C)C)C(CCCO[Si](C)(C)C)=NC1C(CC)CC(C(F)(F)F)CC1CC.[Br][Ni][Br]. The second-order valence-corrected chi connectivity index (χ2v) is 30.4. The number of hydrogen-bond acceptors (Lipinski definition) is 4. The summed E-state index contributed by atoms with van der Waals surface area (Å²) >= 11 is 6.00. The first-order chi connectivity index (χ1) is 23.5. The average Bonchev–Trinajstić information content (AvgIpc) is 3.01. The third-order valence-corrected chi connectivity index (χ3v) is 12.6. The molecular weight excluding hydrogens is 881 g/mol. The van der Waals surface area contributed by atoms with Crippen molar-refractivity contribution in [2.45, 2.75) is 168 Å². The summed E-state index contributed by atoms with van der Waals surface area (Å²) < 4.78 is 96.3. The zero-order valence-electron chi connectivity index (χ0n) is 32.6. The Morgan fingerprint density at radius 3 is 1.04 bits per heavy atom. The quantitative estimate of drug-likeness (QED) is 0.0631. The number of hydrogen-bond donors (Lipinski definition) is 0. The van der Waals surface area contributed by atoms with Gasteiger partial charge in [0.2, 0.25) is 0 Å². The Balaban J connectivity index is 0.00000418. The van der Waals surface area contributed by atoms with Gasteiger partial charge in [0.25, 0.3) is 0 Å². The van der Waals surface area contributed by atoms with Crippen LogP contribution in [-0.2, 0) is 19.7 Å². The third-order valence-electron chi connectivity index (χ3n) is 10.4. The standard InChI is InChI=1S/C36H66F6N2O2Si2.2BrH.Ni/c1-11-25-21-29(35(37,38)39)22-26(12-2)33(25)43-31(17-15-19-45-47(5,6)7)32(18-16-20-46-48(8,9)10)44-34-27(13-3)23-30(36(40,41)42)24-28(34)14-4;;;/h25-30,33-34H,11-24H2,1-10H3;2*1H;/q;;;+2/p-2. The van der Waals surface area contributed by atoms with Gasteiger partial charge in [-0.05, 0) is 114 Å². The molecule has 0 aromatic heterocycles. The molecule has 0 aromatic carbocycles. The summed E-state index contributed by atoms with van der Waals surface area (Å²) in [6.07, 6.45) is -3.16. The van der Waals surface area contributed by atoms with Gasteiger partial charge in [-0.15, -0.1) is 0 Å². The summed E-state index contributed by atoms with van der Waals surface area (Å²) in [4.78, 5) is 10.8. The minimum absolute atomic E-state index is 0.0739. The van der Waals surface area contributed by atoms with Gasteiger partial charge in [-0.3, -0.25) is 9.98 Å². The number of aliphatic imine (C=N–C) groups is 2. The molecule has 4 nitrogen and oxygen atoms in total. The van der Waals surface area contributed by atoms with Crippen LogP contribution in [0.2, 0.25) is 39.3 Å². The van der Waals surface area contributed by atoms with Crippen LogP contribution < -0.4 is 0 Å². The monoisotopic (exact) mass is 944 g/mol. The van der Waals surface area contributed by atoms with E-state index in [1.165, 1.54) is 10.9 Å². The maximum absolute atomic E-state index is 14.0. The van der Waals surface area contributed by atoms with Gasteiger partial charge in [0.05, 0.1) is 35.3 Å². The second kappa shape index (κ2) is 23.1. The van der Waals surface area contributed by atoms with E-state index in [1.54, 1.807) is 0 Å². The Morgan fingerprint density at radius 2 is 0.843 bits per heavy atom. The first kappa shape index (κ1) is 49.7. The van der Waals surface area contributed by atoms with Crippen molar-refractivity contribution in [1.82, 2.24) is 0 Å². The van der Waals surface area contributed by atoms with Crippen molar-refractivity contribution in [3.63, 3.8) is 0 Å². The minimum atomic E-state index is -4.23. The summed E-state index contributed by atoms with van der Waals surface area (Å²) in [7, 11) is -2.29. The first-order valence-electron chi connectivity index (χ1n) is 18.9. The second-order valence-electron chi connectivity index (χ2n) is 16.4. The van der Waals surface area contributed by atoms with Gasteiger partial charge in [0.1, 0.15) is 0 Å². The molecule has 0 heterocycles. The predicted molar refractivity (Wildman–Crippen MR) is 210 cm³/mol. The van der Waals surface area contributed by atoms with Crippen molar-refractivity contribution < 1.29 is 46.1 Å². The molecule has 306 valence electrons. The number of rotatable bonds is 17. The molecule has 0 amide bonds. The molecule has 0 spiro atoms. The molecule has 0 N–H and O–H groups in total. The molecule has 0 radical (unpaired) electrons. The van der Waals surface area contributed by atoms with Gasteiger partial charge in [-0.1, -0.05) is 53.4 Å². The Bertz CT molecular complexity index is 949. The van der Waals surface area contributed by atoms with Gasteiger partial charge in [0.15, 0.2) is 16.6 Å². The van der Waals surface area contributed by atoms with Crippen molar-refractivity contribution in [3.05, 3.63) is 0 Å². The molecule has 15 heteroatoms. The van der Waals surface area contributed by atoms with Crippen molar-refractivity contribution in [1.29, 1.82) is 0 Å². The van der Waals surface area contributed by atoms with E-state index < -0.39 is 40.8 Å². The van der Waals surface area contributed by atoms with Gasteiger partial charge < -0.3 is 8.85 Å². The zero-order valence-corrected chi connectivity index (χ0v) is 38.7. The van der Waals surface area contributed by atoms with Gasteiger partial charge in [-0.25, -0.2) is 0 Å². The van der Waals surface area contributed by atoms with Crippen molar-refractivity contribution in [2.24, 2.45) is 45.5 Å². The molecule has 2 saturated carbocycles. The van der Waals surface area contributed by atoms with Gasteiger partial charge in [0, 0.05) is 13.2 Å². The van der Waals surface area contributed by atoms with Crippen LogP contribution >= 0.6 is 28.5 Å². The van der Waals surface area contributed by atoms with E-state index in [2.05, 4.69) is 67.7 Å². The summed E-state index contributed by atoms with van der Waals surface area (Å²) in [6.45, 7) is 21.8. The van der Waals surface area contributed by atoms with Crippen LogP contribution in [0.5, 0.6) is 0 Å². The zero-order chi connectivity index (χ0) is 39.2. The van der Waals surface area contributed by atoms with E-state index in [-0.39, 0.29) is 61.4 Å². The Morgan fingerprint density at radius 1 is 0.588 bits per heavy atom. The summed E-state index contributed by atoms with van der Waals surface area (Å²) in [5.74, 6) is -3.44. The molecular formula is C36H66Br2F6N2NiO2Si2. The van der Waals surface area contributed by atoms with Gasteiger partial charge in [-0.2, -0.15) is 26.3 Å². The van der Waals surface area contributed by atoms with Gasteiger partial charge >= 0.3 is 51.7 Å². The number of halogens is 8. The van der Waals surface area contributed by atoms with E-state index >= 15 is 0 Å². The Kier molecular flexibility index (Phi) is 22.5. The van der Waals surface area contributed by atoms with Crippen LogP contribution in [0.15, 0.2) is 9.98 Å². The average molecular weight is 948 g/mol. The molecule has 2 rings (SSSR count). The van der Waals surface area contributed by atoms with E-state index in [0.717, 1.165) is 11.4 Å². The van der Waals surface area contributed by atoms with E-state index in [9.17, 15) is 26.3 Å². The number of nitrogens with zero attached hydrogens (tertiary/aromatic N) is 2. The molecule has 51 heavy (non-hydrogen) atoms. The van der Waals surface area contributed by atoms with E-state index in [0.29, 0.717) is 64.6 Å². The van der Waals surface area contributed by atoms with Crippen molar-refractivity contribution in [3.8, 4) is 0 Å². The van der Waals surface area contributed by atoms with Crippen LogP contribution in [-0.4, -0.2) is 65.7 Å². The van der Waals surface area contributed by atoms with Crippen LogP contribution in [0.1, 0.15) is 105 Å². The third kappa shape index (κ3) is 18.5. The molecule has 4 unspecified atom stereocenters. The topological polar surface area (TPSA) is 43.2 Å². The molecule has 0 aliphatic heterocycles. The fraction of sp³-hybridized carbons (Fsp3) is 0.944. The normalized spacial score (nSPS) is 28.8. The maximum atomic E-state index is 14.0. The molecule has 2 aliphatic carbocycles. The van der Waals surface area contributed by atoms with Crippen LogP contribution in [0.25, 0.3) is 0 Å². The molecule has 0 aromatic rings. The molecule has 4 atom stereocenters. The molecule has 0 bridgehead atoms. The molecule has 2 aliphatic rings. The van der Waals surface area contributed by atoms with Crippen molar-refractivity contribution in [2.75, 3.05) is 13.2 Å². The summed E-state index contributed by atoms with van der Waals surface area (Å²) in [6, 6.07) is -0.500. The van der Waals surface area contributed by atoms with Crippen LogP contribution in [0.3, 0.4) is 0 Å². The summed E-state index contributed by atoms with van der Waals surface area (Å²) in [5, 5.41) is 0.